The largest absolute Gasteiger partial charge is 0.353 e. The second-order valence-corrected chi connectivity index (χ2v) is 7.10. The predicted molar refractivity (Wildman–Crippen MR) is 81.2 cm³/mol. The Morgan fingerprint density at radius 3 is 2.84 bits per heavy atom. The van der Waals surface area contributed by atoms with Crippen molar-refractivity contribution in [3.05, 3.63) is 35.9 Å². The molecule has 0 radical (unpaired) electrons. The molecule has 0 bridgehead atoms. The van der Waals surface area contributed by atoms with Gasteiger partial charge in [-0.15, -0.1) is 0 Å². The van der Waals surface area contributed by atoms with Crippen LogP contribution in [0.1, 0.15) is 25.3 Å². The maximum absolute atomic E-state index is 12.0. The van der Waals surface area contributed by atoms with Crippen molar-refractivity contribution in [2.24, 2.45) is 5.73 Å². The maximum Gasteiger partial charge on any atom is 0.237 e. The normalized spacial score (nSPS) is 24.1. The molecule has 3 nitrogen and oxygen atoms in total. The SMILES string of the molecule is CC1(CNC(=O)[C@@H](N)Cc2ccccc2)CCCS1. The smallest absolute Gasteiger partial charge is 0.237 e. The third-order valence-electron chi connectivity index (χ3n) is 3.57. The van der Waals surface area contributed by atoms with Gasteiger partial charge in [0.25, 0.3) is 0 Å². The fourth-order valence-corrected chi connectivity index (χ4v) is 3.59. The minimum Gasteiger partial charge on any atom is -0.353 e. The minimum absolute atomic E-state index is 0.0439. The van der Waals surface area contributed by atoms with Crippen LogP contribution in [-0.2, 0) is 11.2 Å². The molecule has 0 spiro atoms. The average Bonchev–Trinajstić information content (AvgIpc) is 2.84. The van der Waals surface area contributed by atoms with Crippen LogP contribution in [0.3, 0.4) is 0 Å². The fourth-order valence-electron chi connectivity index (χ4n) is 2.34. The van der Waals surface area contributed by atoms with Crippen LogP contribution in [-0.4, -0.2) is 29.0 Å². The number of rotatable bonds is 5. The molecule has 1 fully saturated rings. The first kappa shape index (κ1) is 14.4. The summed E-state index contributed by atoms with van der Waals surface area (Å²) in [5, 5.41) is 3.00. The third-order valence-corrected chi connectivity index (χ3v) is 5.11. The molecule has 1 saturated heterocycles. The summed E-state index contributed by atoms with van der Waals surface area (Å²) in [6.45, 7) is 2.94. The number of hydrogen-bond donors (Lipinski definition) is 2. The van der Waals surface area contributed by atoms with Gasteiger partial charge in [0.1, 0.15) is 0 Å². The van der Waals surface area contributed by atoms with E-state index in [1.807, 2.05) is 42.1 Å². The summed E-state index contributed by atoms with van der Waals surface area (Å²) >= 11 is 1.95. The molecule has 19 heavy (non-hydrogen) atoms. The van der Waals surface area contributed by atoms with Crippen molar-refractivity contribution >= 4 is 17.7 Å². The van der Waals surface area contributed by atoms with Crippen LogP contribution in [0, 0.1) is 0 Å². The number of hydrogen-bond acceptors (Lipinski definition) is 3. The first-order valence-electron chi connectivity index (χ1n) is 6.80. The van der Waals surface area contributed by atoms with Crippen molar-refractivity contribution in [1.29, 1.82) is 0 Å². The zero-order valence-electron chi connectivity index (χ0n) is 11.4. The summed E-state index contributed by atoms with van der Waals surface area (Å²) in [7, 11) is 0. The molecule has 1 amide bonds. The van der Waals surface area contributed by atoms with Crippen molar-refractivity contribution in [1.82, 2.24) is 5.32 Å². The Hall–Kier alpha value is -1.00. The molecule has 1 aliphatic rings. The lowest BCUT2D eigenvalue weighted by molar-refractivity contribution is -0.122. The van der Waals surface area contributed by atoms with Crippen LogP contribution in [0.2, 0.25) is 0 Å². The van der Waals surface area contributed by atoms with Crippen LogP contribution in [0.4, 0.5) is 0 Å². The molecule has 0 aliphatic carbocycles. The van der Waals surface area contributed by atoms with Crippen LogP contribution >= 0.6 is 11.8 Å². The first-order valence-corrected chi connectivity index (χ1v) is 7.79. The van der Waals surface area contributed by atoms with Gasteiger partial charge in [-0.3, -0.25) is 4.79 Å². The lowest BCUT2D eigenvalue weighted by Gasteiger charge is -2.24. The molecule has 1 aromatic carbocycles. The van der Waals surface area contributed by atoms with Crippen molar-refractivity contribution in [2.75, 3.05) is 12.3 Å². The molecule has 1 heterocycles. The van der Waals surface area contributed by atoms with E-state index in [0.29, 0.717) is 6.42 Å². The number of carbonyl (C=O) groups is 1. The van der Waals surface area contributed by atoms with Gasteiger partial charge < -0.3 is 11.1 Å². The zero-order chi connectivity index (χ0) is 13.7. The maximum atomic E-state index is 12.0. The van der Waals surface area contributed by atoms with Crippen LogP contribution in [0.5, 0.6) is 0 Å². The predicted octanol–water partition coefficient (Wildman–Crippen LogP) is 1.96. The molecular weight excluding hydrogens is 256 g/mol. The standard InChI is InChI=1S/C15H22N2OS/c1-15(8-5-9-19-15)11-17-14(18)13(16)10-12-6-3-2-4-7-12/h2-4,6-7,13H,5,8-11,16H2,1H3,(H,17,18)/t13-,15?/m0/s1. The van der Waals surface area contributed by atoms with Crippen molar-refractivity contribution < 1.29 is 4.79 Å². The topological polar surface area (TPSA) is 55.1 Å². The van der Waals surface area contributed by atoms with E-state index in [9.17, 15) is 4.79 Å². The molecule has 4 heteroatoms. The monoisotopic (exact) mass is 278 g/mol. The summed E-state index contributed by atoms with van der Waals surface area (Å²) in [6, 6.07) is 9.44. The Labute approximate surface area is 119 Å². The van der Waals surface area contributed by atoms with Gasteiger partial charge in [-0.1, -0.05) is 30.3 Å². The number of nitrogens with one attached hydrogen (secondary N) is 1. The van der Waals surface area contributed by atoms with Crippen LogP contribution in [0.15, 0.2) is 30.3 Å². The van der Waals surface area contributed by atoms with E-state index in [2.05, 4.69) is 12.2 Å². The van der Waals surface area contributed by atoms with E-state index in [-0.39, 0.29) is 10.7 Å². The van der Waals surface area contributed by atoms with Gasteiger partial charge in [0, 0.05) is 11.3 Å². The molecule has 0 aromatic heterocycles. The van der Waals surface area contributed by atoms with Gasteiger partial charge >= 0.3 is 0 Å². The number of benzene rings is 1. The Morgan fingerprint density at radius 2 is 2.21 bits per heavy atom. The van der Waals surface area contributed by atoms with Gasteiger partial charge in [0.2, 0.25) is 5.91 Å². The summed E-state index contributed by atoms with van der Waals surface area (Å²) in [5.74, 6) is 1.15. The molecule has 2 atom stereocenters. The summed E-state index contributed by atoms with van der Waals surface area (Å²) in [5.41, 5.74) is 7.06. The molecule has 1 aliphatic heterocycles. The Bertz CT molecular complexity index is 415. The Kier molecular flexibility index (Phi) is 4.88. The third kappa shape index (κ3) is 4.25. The first-order chi connectivity index (χ1) is 9.09. The minimum atomic E-state index is -0.461. The summed E-state index contributed by atoms with van der Waals surface area (Å²) in [4.78, 5) is 12.0. The second kappa shape index (κ2) is 6.44. The van der Waals surface area contributed by atoms with Gasteiger partial charge in [-0.2, -0.15) is 11.8 Å². The number of amides is 1. The highest BCUT2D eigenvalue weighted by Crippen LogP contribution is 2.36. The van der Waals surface area contributed by atoms with Gasteiger partial charge in [0.05, 0.1) is 6.04 Å². The Morgan fingerprint density at radius 1 is 1.47 bits per heavy atom. The van der Waals surface area contributed by atoms with E-state index in [0.717, 1.165) is 12.1 Å². The lowest BCUT2D eigenvalue weighted by Crippen LogP contribution is -2.46. The highest BCUT2D eigenvalue weighted by Gasteiger charge is 2.30. The van der Waals surface area contributed by atoms with Crippen molar-refractivity contribution in [3.8, 4) is 0 Å². The van der Waals surface area contributed by atoms with Crippen molar-refractivity contribution in [3.63, 3.8) is 0 Å². The van der Waals surface area contributed by atoms with Crippen LogP contribution in [0.25, 0.3) is 0 Å². The van der Waals surface area contributed by atoms with Crippen molar-refractivity contribution in [2.45, 2.75) is 37.0 Å². The second-order valence-electron chi connectivity index (χ2n) is 5.42. The zero-order valence-corrected chi connectivity index (χ0v) is 12.2. The van der Waals surface area contributed by atoms with Crippen LogP contribution < -0.4 is 11.1 Å². The van der Waals surface area contributed by atoms with E-state index in [1.54, 1.807) is 0 Å². The molecule has 1 unspecified atom stereocenters. The fraction of sp³-hybridized carbons (Fsp3) is 0.533. The van der Waals surface area contributed by atoms with Gasteiger partial charge in [-0.05, 0) is 37.5 Å². The molecule has 3 N–H and O–H groups in total. The van der Waals surface area contributed by atoms with E-state index >= 15 is 0 Å². The molecule has 0 saturated carbocycles. The van der Waals surface area contributed by atoms with E-state index in [4.69, 9.17) is 5.73 Å². The number of nitrogens with two attached hydrogens (primary N) is 1. The van der Waals surface area contributed by atoms with Gasteiger partial charge in [-0.25, -0.2) is 0 Å². The highest BCUT2D eigenvalue weighted by atomic mass is 32.2. The average molecular weight is 278 g/mol. The highest BCUT2D eigenvalue weighted by molar-refractivity contribution is 8.00. The van der Waals surface area contributed by atoms with E-state index < -0.39 is 6.04 Å². The Balaban J connectivity index is 1.79. The summed E-state index contributed by atoms with van der Waals surface area (Å²) in [6.07, 6.45) is 3.01. The molecular formula is C15H22N2OS. The molecule has 2 rings (SSSR count). The molecule has 1 aromatic rings. The van der Waals surface area contributed by atoms with E-state index in [1.165, 1.54) is 18.6 Å². The number of carbonyl (C=O) groups excluding carboxylic acids is 1. The summed E-state index contributed by atoms with van der Waals surface area (Å²) < 4.78 is 0.197. The molecule has 104 valence electrons. The quantitative estimate of drug-likeness (QED) is 0.865. The number of thioether (sulfide) groups is 1. The van der Waals surface area contributed by atoms with Gasteiger partial charge in [0.15, 0.2) is 0 Å². The lowest BCUT2D eigenvalue weighted by atomic mass is 10.0.